The summed E-state index contributed by atoms with van der Waals surface area (Å²) in [5.41, 5.74) is 3.27. The van der Waals surface area contributed by atoms with Crippen LogP contribution in [0.5, 0.6) is 0 Å². The summed E-state index contributed by atoms with van der Waals surface area (Å²) in [7, 11) is 0.0947. The maximum atomic E-state index is 2.43. The van der Waals surface area contributed by atoms with Crippen LogP contribution < -0.4 is 0 Å². The van der Waals surface area contributed by atoms with Gasteiger partial charge in [-0.1, -0.05) is 0 Å². The van der Waals surface area contributed by atoms with E-state index in [1.807, 2.05) is 0 Å². The SMILES string of the molecule is Br.Br.Br.CP(C)CC(C)(C1=[C]([Zr])CC=C1)c1ccccc1. The Morgan fingerprint density at radius 2 is 1.67 bits per heavy atom. The molecule has 0 saturated carbocycles. The van der Waals surface area contributed by atoms with E-state index in [1.165, 1.54) is 18.1 Å². The predicted octanol–water partition coefficient (Wildman–Crippen LogP) is 6.18. The van der Waals surface area contributed by atoms with Gasteiger partial charge < -0.3 is 0 Å². The first-order chi connectivity index (χ1) is 8.54. The summed E-state index contributed by atoms with van der Waals surface area (Å²) in [5.74, 6) is 0. The van der Waals surface area contributed by atoms with Gasteiger partial charge in [0.15, 0.2) is 0 Å². The quantitative estimate of drug-likeness (QED) is 0.376. The molecule has 0 N–H and O–H groups in total. The van der Waals surface area contributed by atoms with Crippen molar-refractivity contribution in [3.8, 4) is 0 Å². The van der Waals surface area contributed by atoms with Gasteiger partial charge in [-0.15, -0.1) is 50.9 Å². The molecule has 1 unspecified atom stereocenters. The minimum absolute atomic E-state index is 0. The van der Waals surface area contributed by atoms with E-state index in [9.17, 15) is 0 Å². The molecule has 0 nitrogen and oxygen atoms in total. The third kappa shape index (κ3) is 6.11. The molecule has 5 heteroatoms. The zero-order valence-electron chi connectivity index (χ0n) is 12.6. The summed E-state index contributed by atoms with van der Waals surface area (Å²) in [4.78, 5) is 0. The number of benzene rings is 1. The van der Waals surface area contributed by atoms with E-state index < -0.39 is 0 Å². The van der Waals surface area contributed by atoms with Crippen LogP contribution in [-0.4, -0.2) is 19.5 Å². The molecule has 0 saturated heterocycles. The summed E-state index contributed by atoms with van der Waals surface area (Å²) in [6.45, 7) is 7.21. The van der Waals surface area contributed by atoms with Gasteiger partial charge in [0.1, 0.15) is 0 Å². The molecule has 1 aromatic carbocycles. The van der Waals surface area contributed by atoms with Crippen molar-refractivity contribution < 1.29 is 24.7 Å². The summed E-state index contributed by atoms with van der Waals surface area (Å²) in [6.07, 6.45) is 7.15. The van der Waals surface area contributed by atoms with Crippen LogP contribution in [0.4, 0.5) is 0 Å². The summed E-state index contributed by atoms with van der Waals surface area (Å²) in [5, 5.41) is 0. The molecule has 1 atom stereocenters. The van der Waals surface area contributed by atoms with E-state index in [0.717, 1.165) is 0 Å². The Balaban J connectivity index is 0. The maximum absolute atomic E-state index is 2.43. The van der Waals surface area contributed by atoms with Gasteiger partial charge in [-0.3, -0.25) is 0 Å². The van der Waals surface area contributed by atoms with Crippen molar-refractivity contribution >= 4 is 58.9 Å². The summed E-state index contributed by atoms with van der Waals surface area (Å²) < 4.78 is 1.63. The van der Waals surface area contributed by atoms with E-state index >= 15 is 0 Å². The fraction of sp³-hybridized carbons (Fsp3) is 0.375. The molecule has 1 aliphatic carbocycles. The molecule has 21 heavy (non-hydrogen) atoms. The van der Waals surface area contributed by atoms with Crippen LogP contribution in [0.2, 0.25) is 0 Å². The second-order valence-electron chi connectivity index (χ2n) is 5.43. The zero-order valence-corrected chi connectivity index (χ0v) is 21.1. The van der Waals surface area contributed by atoms with E-state index in [2.05, 4.69) is 62.7 Å². The molecular formula is C16H23Br3PZr. The molecule has 0 fully saturated rings. The van der Waals surface area contributed by atoms with Gasteiger partial charge in [0.05, 0.1) is 0 Å². The Kier molecular flexibility index (Phi) is 13.0. The second kappa shape index (κ2) is 11.1. The van der Waals surface area contributed by atoms with Gasteiger partial charge >= 0.3 is 128 Å². The summed E-state index contributed by atoms with van der Waals surface area (Å²) >= 11 is 1.58. The van der Waals surface area contributed by atoms with Crippen LogP contribution in [-0.2, 0) is 30.1 Å². The molecular weight excluding hydrogens is 554 g/mol. The third-order valence-corrected chi connectivity index (χ3v) is 6.00. The van der Waals surface area contributed by atoms with Gasteiger partial charge in [-0.25, -0.2) is 0 Å². The molecule has 0 bridgehead atoms. The topological polar surface area (TPSA) is 0 Å². The average Bonchev–Trinajstić information content (AvgIpc) is 2.76. The van der Waals surface area contributed by atoms with Crippen LogP contribution in [0.3, 0.4) is 0 Å². The van der Waals surface area contributed by atoms with Gasteiger partial charge in [0, 0.05) is 0 Å². The molecule has 117 valence electrons. The Labute approximate surface area is 177 Å². The molecule has 0 heterocycles. The zero-order chi connectivity index (χ0) is 13.2. The average molecular weight is 577 g/mol. The van der Waals surface area contributed by atoms with Crippen molar-refractivity contribution in [1.29, 1.82) is 0 Å². The van der Waals surface area contributed by atoms with Gasteiger partial charge in [-0.05, 0) is 0 Å². The van der Waals surface area contributed by atoms with E-state index in [1.54, 1.807) is 33.6 Å². The van der Waals surface area contributed by atoms with E-state index in [4.69, 9.17) is 0 Å². The normalized spacial score (nSPS) is 15.8. The summed E-state index contributed by atoms with van der Waals surface area (Å²) in [6, 6.07) is 11.0. The van der Waals surface area contributed by atoms with Gasteiger partial charge in [-0.2, -0.15) is 0 Å². The molecule has 0 aromatic heterocycles. The number of hydrogen-bond donors (Lipinski definition) is 0. The van der Waals surface area contributed by atoms with Crippen molar-refractivity contribution in [3.63, 3.8) is 0 Å². The molecule has 0 amide bonds. The van der Waals surface area contributed by atoms with Gasteiger partial charge in [0.25, 0.3) is 0 Å². The first-order valence-electron chi connectivity index (χ1n) is 6.36. The van der Waals surface area contributed by atoms with Crippen molar-refractivity contribution in [1.82, 2.24) is 0 Å². The van der Waals surface area contributed by atoms with Crippen molar-refractivity contribution in [2.75, 3.05) is 19.5 Å². The predicted molar refractivity (Wildman–Crippen MR) is 109 cm³/mol. The van der Waals surface area contributed by atoms with Gasteiger partial charge in [0.2, 0.25) is 0 Å². The van der Waals surface area contributed by atoms with Crippen LogP contribution >= 0.6 is 58.9 Å². The molecule has 1 aromatic rings. The Hall–Kier alpha value is 1.45. The Bertz CT molecular complexity index is 486. The number of allylic oxidation sites excluding steroid dienone is 4. The molecule has 0 aliphatic heterocycles. The van der Waals surface area contributed by atoms with Crippen LogP contribution in [0.1, 0.15) is 18.9 Å². The van der Waals surface area contributed by atoms with E-state index in [-0.39, 0.29) is 64.3 Å². The Morgan fingerprint density at radius 1 is 1.10 bits per heavy atom. The minimum atomic E-state index is 0. The van der Waals surface area contributed by atoms with Crippen molar-refractivity contribution in [2.45, 2.75) is 18.8 Å². The van der Waals surface area contributed by atoms with Crippen LogP contribution in [0.15, 0.2) is 51.3 Å². The number of hydrogen-bond acceptors (Lipinski definition) is 0. The molecule has 1 aliphatic rings. The number of halogens is 3. The van der Waals surface area contributed by atoms with Crippen LogP contribution in [0.25, 0.3) is 0 Å². The first-order valence-corrected chi connectivity index (χ1v) is 10.0. The standard InChI is InChI=1S/C16H20P.3BrH.Zr/c1-16(13-17(2)3,15-11-7-8-12-15)14-9-5-4-6-10-14;;;;/h4-7,9-11H,8,13H2,1-3H3;3*1H;. The fourth-order valence-corrected chi connectivity index (χ4v) is 5.58. The molecule has 0 radical (unpaired) electrons. The fourth-order valence-electron chi connectivity index (χ4n) is 2.79. The number of rotatable bonds is 4. The van der Waals surface area contributed by atoms with Crippen molar-refractivity contribution in [3.05, 3.63) is 56.9 Å². The van der Waals surface area contributed by atoms with Crippen LogP contribution in [0, 0.1) is 0 Å². The molecule has 2 rings (SSSR count). The monoisotopic (exact) mass is 573 g/mol. The van der Waals surface area contributed by atoms with Crippen molar-refractivity contribution in [2.24, 2.45) is 0 Å². The first kappa shape index (κ1) is 24.7. The third-order valence-electron chi connectivity index (χ3n) is 3.57. The molecule has 0 spiro atoms. The van der Waals surface area contributed by atoms with E-state index in [0.29, 0.717) is 0 Å². The Morgan fingerprint density at radius 3 is 2.10 bits per heavy atom. The second-order valence-corrected chi connectivity index (χ2v) is 9.39.